The fourth-order valence-electron chi connectivity index (χ4n) is 5.49. The Morgan fingerprint density at radius 1 is 1.06 bits per heavy atom. The van der Waals surface area contributed by atoms with Crippen LogP contribution in [0.4, 0.5) is 23.7 Å². The maximum atomic E-state index is 16.2. The van der Waals surface area contributed by atoms with Crippen LogP contribution in [0, 0.1) is 17.5 Å². The monoisotopic (exact) mass is 706 g/mol. The molecule has 1 amide bonds. The van der Waals surface area contributed by atoms with Crippen molar-refractivity contribution in [1.82, 2.24) is 14.7 Å². The lowest BCUT2D eigenvalue weighted by Crippen LogP contribution is -2.42. The molecule has 0 saturated carbocycles. The number of piperidine rings is 1. The number of carbonyl (C=O) groups excluding carboxylic acids is 1. The van der Waals surface area contributed by atoms with E-state index >= 15 is 4.39 Å². The van der Waals surface area contributed by atoms with Gasteiger partial charge in [0.05, 0.1) is 28.6 Å². The molecule has 49 heavy (non-hydrogen) atoms. The summed E-state index contributed by atoms with van der Waals surface area (Å²) in [4.78, 5) is 13.5. The van der Waals surface area contributed by atoms with Crippen molar-refractivity contribution in [2.24, 2.45) is 0 Å². The van der Waals surface area contributed by atoms with Crippen LogP contribution in [0.3, 0.4) is 0 Å². The Morgan fingerprint density at radius 2 is 1.71 bits per heavy atom. The molecule has 3 aromatic rings. The molecule has 2 fully saturated rings. The van der Waals surface area contributed by atoms with Crippen molar-refractivity contribution < 1.29 is 45.2 Å². The Bertz CT molecular complexity index is 1790. The molecule has 0 spiro atoms. The van der Waals surface area contributed by atoms with Crippen molar-refractivity contribution >= 4 is 34.2 Å². The van der Waals surface area contributed by atoms with E-state index in [0.717, 1.165) is 6.07 Å². The molecule has 0 unspecified atom stereocenters. The second-order valence-corrected chi connectivity index (χ2v) is 16.1. The van der Waals surface area contributed by atoms with Gasteiger partial charge in [0.15, 0.2) is 11.8 Å². The summed E-state index contributed by atoms with van der Waals surface area (Å²) in [5.41, 5.74) is -1.03. The third kappa shape index (κ3) is 8.08. The Labute approximate surface area is 285 Å². The van der Waals surface area contributed by atoms with E-state index in [1.54, 1.807) is 27.9 Å². The number of hydrogen-bond acceptors (Lipinski definition) is 9. The van der Waals surface area contributed by atoms with E-state index in [4.69, 9.17) is 23.9 Å². The highest BCUT2D eigenvalue weighted by Crippen LogP contribution is 2.38. The number of carbonyl (C=O) groups is 1. The van der Waals surface area contributed by atoms with Crippen LogP contribution in [0.25, 0.3) is 11.3 Å². The molecule has 0 bridgehead atoms. The van der Waals surface area contributed by atoms with Gasteiger partial charge in [-0.3, -0.25) is 4.68 Å². The van der Waals surface area contributed by atoms with E-state index in [0.29, 0.717) is 49.2 Å². The molecule has 3 heterocycles. The molecule has 0 atom stereocenters. The van der Waals surface area contributed by atoms with Crippen LogP contribution in [-0.2, 0) is 28.6 Å². The predicted molar refractivity (Wildman–Crippen MR) is 177 cm³/mol. The molecule has 16 heteroatoms. The Kier molecular flexibility index (Phi) is 10.2. The summed E-state index contributed by atoms with van der Waals surface area (Å²) >= 11 is 0. The van der Waals surface area contributed by atoms with Crippen LogP contribution in [-0.4, -0.2) is 78.9 Å². The first-order valence-electron chi connectivity index (χ1n) is 16.0. The average Bonchev–Trinajstić information content (AvgIpc) is 3.54. The molecule has 5 rings (SSSR count). The number of aromatic nitrogens is 2. The minimum atomic E-state index is -4.33. The standard InChI is InChI=1S/C33H42BF3N4O7S/c1-31(2,3)46-30(42)40-15-13-22(14-16-40)41-18-24(34-47-32(4,5)33(6,7)48-34)29(39-41)23-9-8-10-26(28(23)37)38-19-45-20-49(43,44)27-17-21(35)11-12-25(27)36/h8-12,17-18,22,38H,13-16,19-20H2,1-7H3. The first kappa shape index (κ1) is 36.7. The lowest BCUT2D eigenvalue weighted by molar-refractivity contribution is 0.00578. The number of likely N-dealkylation sites (tertiary alicyclic amines) is 1. The van der Waals surface area contributed by atoms with Crippen LogP contribution in [0.2, 0.25) is 0 Å². The van der Waals surface area contributed by atoms with Crippen molar-refractivity contribution in [2.75, 3.05) is 31.1 Å². The second-order valence-electron chi connectivity index (χ2n) is 14.2. The van der Waals surface area contributed by atoms with E-state index in [-0.39, 0.29) is 23.4 Å². The van der Waals surface area contributed by atoms with Gasteiger partial charge < -0.3 is 29.0 Å². The topological polar surface area (TPSA) is 121 Å². The minimum Gasteiger partial charge on any atom is -0.444 e. The van der Waals surface area contributed by atoms with Gasteiger partial charge in [0.25, 0.3) is 0 Å². The number of amides is 1. The smallest absolute Gasteiger partial charge is 0.444 e. The zero-order valence-corrected chi connectivity index (χ0v) is 29.5. The first-order chi connectivity index (χ1) is 22.8. The average molecular weight is 707 g/mol. The quantitative estimate of drug-likeness (QED) is 0.171. The predicted octanol–water partition coefficient (Wildman–Crippen LogP) is 5.66. The summed E-state index contributed by atoms with van der Waals surface area (Å²) in [6, 6.07) is 6.61. The number of benzene rings is 2. The number of sulfone groups is 1. The first-order valence-corrected chi connectivity index (χ1v) is 17.6. The minimum absolute atomic E-state index is 0.00748. The van der Waals surface area contributed by atoms with Gasteiger partial charge in [-0.1, -0.05) is 6.07 Å². The van der Waals surface area contributed by atoms with Gasteiger partial charge >= 0.3 is 13.2 Å². The molecule has 11 nitrogen and oxygen atoms in total. The lowest BCUT2D eigenvalue weighted by atomic mass is 9.78. The molecule has 0 aliphatic carbocycles. The van der Waals surface area contributed by atoms with Crippen LogP contribution in [0.1, 0.15) is 67.3 Å². The van der Waals surface area contributed by atoms with Crippen molar-refractivity contribution in [1.29, 1.82) is 0 Å². The van der Waals surface area contributed by atoms with Crippen LogP contribution < -0.4 is 10.8 Å². The summed E-state index contributed by atoms with van der Waals surface area (Å²) < 4.78 is 93.9. The van der Waals surface area contributed by atoms with E-state index < -0.39 is 68.8 Å². The zero-order chi connectivity index (χ0) is 35.9. The van der Waals surface area contributed by atoms with E-state index in [1.807, 2.05) is 48.5 Å². The summed E-state index contributed by atoms with van der Waals surface area (Å²) in [6.45, 7) is 13.6. The SMILES string of the molecule is CC(C)(C)OC(=O)N1CCC(n2cc(B3OC(C)(C)C(C)(C)O3)c(-c3cccc(NCOCS(=O)(=O)c4cc(F)ccc4F)c3F)n2)CC1. The van der Waals surface area contributed by atoms with E-state index in [2.05, 4.69) is 5.32 Å². The molecule has 1 aromatic heterocycles. The highest BCUT2D eigenvalue weighted by atomic mass is 32.2. The normalized spacial score (nSPS) is 18.2. The highest BCUT2D eigenvalue weighted by Gasteiger charge is 2.53. The Hall–Kier alpha value is -3.60. The largest absolute Gasteiger partial charge is 0.498 e. The van der Waals surface area contributed by atoms with Gasteiger partial charge in [-0.2, -0.15) is 5.10 Å². The van der Waals surface area contributed by atoms with Gasteiger partial charge in [-0.05, 0) is 91.6 Å². The molecule has 2 aromatic carbocycles. The number of nitrogens with zero attached hydrogens (tertiary/aromatic N) is 3. The van der Waals surface area contributed by atoms with E-state index in [9.17, 15) is 22.0 Å². The Balaban J connectivity index is 1.36. The van der Waals surface area contributed by atoms with Crippen LogP contribution in [0.5, 0.6) is 0 Å². The lowest BCUT2D eigenvalue weighted by Gasteiger charge is -2.33. The summed E-state index contributed by atoms with van der Waals surface area (Å²) in [6.07, 6.45) is 2.60. The van der Waals surface area contributed by atoms with Gasteiger partial charge in [0, 0.05) is 30.3 Å². The van der Waals surface area contributed by atoms with Crippen molar-refractivity contribution in [3.8, 4) is 11.3 Å². The van der Waals surface area contributed by atoms with Gasteiger partial charge in [0.1, 0.15) is 28.9 Å². The molecule has 1 N–H and O–H groups in total. The zero-order valence-electron chi connectivity index (χ0n) is 28.7. The molecule has 266 valence electrons. The number of halogens is 3. The third-order valence-electron chi connectivity index (χ3n) is 8.84. The number of ether oxygens (including phenoxy) is 2. The van der Waals surface area contributed by atoms with Gasteiger partial charge in [0.2, 0.25) is 9.84 Å². The number of anilines is 1. The van der Waals surface area contributed by atoms with Gasteiger partial charge in [-0.25, -0.2) is 26.4 Å². The maximum absolute atomic E-state index is 16.2. The van der Waals surface area contributed by atoms with E-state index in [1.165, 1.54) is 6.07 Å². The molecular formula is C33H42BF3N4O7S. The fraction of sp³-hybridized carbons (Fsp3) is 0.515. The van der Waals surface area contributed by atoms with Crippen molar-refractivity contribution in [2.45, 2.75) is 89.0 Å². The van der Waals surface area contributed by atoms with Gasteiger partial charge in [-0.15, -0.1) is 0 Å². The summed E-state index contributed by atoms with van der Waals surface area (Å²) in [7, 11) is -5.19. The van der Waals surface area contributed by atoms with Crippen LogP contribution in [0.15, 0.2) is 47.5 Å². The molecule has 2 aliphatic heterocycles. The van der Waals surface area contributed by atoms with Crippen LogP contribution >= 0.6 is 0 Å². The number of hydrogen-bond donors (Lipinski definition) is 1. The molecule has 2 aliphatic rings. The highest BCUT2D eigenvalue weighted by molar-refractivity contribution is 7.91. The third-order valence-corrected chi connectivity index (χ3v) is 10.3. The van der Waals surface area contributed by atoms with Crippen molar-refractivity contribution in [3.63, 3.8) is 0 Å². The fourth-order valence-corrected chi connectivity index (χ4v) is 6.58. The summed E-state index contributed by atoms with van der Waals surface area (Å²) in [5.74, 6) is -3.67. The maximum Gasteiger partial charge on any atom is 0.498 e. The molecule has 2 saturated heterocycles. The summed E-state index contributed by atoms with van der Waals surface area (Å²) in [5, 5.41) is 7.54. The number of rotatable bonds is 9. The Morgan fingerprint density at radius 3 is 2.35 bits per heavy atom. The second kappa shape index (κ2) is 13.6. The molecular weight excluding hydrogens is 664 g/mol. The van der Waals surface area contributed by atoms with Crippen molar-refractivity contribution in [3.05, 3.63) is 60.0 Å². The number of nitrogens with one attached hydrogen (secondary N) is 1. The molecule has 0 radical (unpaired) electrons.